The van der Waals surface area contributed by atoms with Crippen molar-refractivity contribution in [3.05, 3.63) is 83.1 Å². The molecule has 4 aliphatic rings. The summed E-state index contributed by atoms with van der Waals surface area (Å²) in [7, 11) is 0. The third-order valence-electron chi connectivity index (χ3n) is 13.0. The van der Waals surface area contributed by atoms with E-state index in [1.165, 1.54) is 24.8 Å². The highest BCUT2D eigenvalue weighted by atomic mass is 16.5. The number of aliphatic hydroxyl groups excluding tert-OH is 4. The van der Waals surface area contributed by atoms with Crippen molar-refractivity contribution in [3.8, 4) is 11.5 Å². The molecule has 3 heterocycles. The monoisotopic (exact) mass is 830 g/mol. The molecular formula is C48H71N5O7. The van der Waals surface area contributed by atoms with Gasteiger partial charge in [-0.15, -0.1) is 4.99 Å². The van der Waals surface area contributed by atoms with Gasteiger partial charge in [-0.1, -0.05) is 56.8 Å². The minimum absolute atomic E-state index is 0.0150. The number of benzene rings is 1. The van der Waals surface area contributed by atoms with Crippen LogP contribution in [-0.4, -0.2) is 93.0 Å². The summed E-state index contributed by atoms with van der Waals surface area (Å²) in [6.07, 6.45) is 19.9. The fourth-order valence-electron chi connectivity index (χ4n) is 9.64. The van der Waals surface area contributed by atoms with Crippen molar-refractivity contribution in [3.63, 3.8) is 0 Å². The summed E-state index contributed by atoms with van der Waals surface area (Å²) in [5.74, 6) is 4.18. The van der Waals surface area contributed by atoms with E-state index in [1.807, 2.05) is 30.3 Å². The minimum atomic E-state index is -0.940. The van der Waals surface area contributed by atoms with E-state index >= 15 is 0 Å². The number of aryl methyl sites for hydroxylation is 2. The second kappa shape index (κ2) is 22.9. The first kappa shape index (κ1) is 45.7. The van der Waals surface area contributed by atoms with E-state index in [0.29, 0.717) is 67.6 Å². The lowest BCUT2D eigenvalue weighted by Gasteiger charge is -2.26. The third kappa shape index (κ3) is 13.4. The summed E-state index contributed by atoms with van der Waals surface area (Å²) < 4.78 is 12.3. The molecule has 8 unspecified atom stereocenters. The Morgan fingerprint density at radius 2 is 1.82 bits per heavy atom. The van der Waals surface area contributed by atoms with Crippen LogP contribution in [0, 0.1) is 29.7 Å². The molecule has 0 saturated heterocycles. The Morgan fingerprint density at radius 1 is 0.983 bits per heavy atom. The number of hydrogen-bond donors (Lipinski definition) is 8. The second-order valence-electron chi connectivity index (χ2n) is 17.8. The number of aliphatic hydroxyl groups is 4. The molecule has 6 rings (SSSR count). The quantitative estimate of drug-likeness (QED) is 0.0427. The minimum Gasteiger partial charge on any atom is -0.592 e. The highest BCUT2D eigenvalue weighted by Gasteiger charge is 2.47. The summed E-state index contributed by atoms with van der Waals surface area (Å²) in [5, 5.41) is 55.7. The molecule has 12 nitrogen and oxygen atoms in total. The van der Waals surface area contributed by atoms with Crippen LogP contribution in [-0.2, 0) is 17.6 Å². The Labute approximate surface area is 357 Å². The van der Waals surface area contributed by atoms with Gasteiger partial charge in [-0.25, -0.2) is 4.98 Å². The number of pyridine rings is 1. The van der Waals surface area contributed by atoms with E-state index in [-0.39, 0.29) is 37.2 Å². The van der Waals surface area contributed by atoms with Crippen molar-refractivity contribution in [2.45, 2.75) is 147 Å². The zero-order valence-electron chi connectivity index (χ0n) is 35.7. The molecule has 2 aliphatic heterocycles. The molecule has 0 spiro atoms. The van der Waals surface area contributed by atoms with E-state index in [1.54, 1.807) is 19.2 Å². The van der Waals surface area contributed by atoms with Crippen molar-refractivity contribution in [2.75, 3.05) is 32.0 Å². The summed E-state index contributed by atoms with van der Waals surface area (Å²) in [5.41, 5.74) is 16.5. The number of aromatic hydroxyl groups is 1. The lowest BCUT2D eigenvalue weighted by Crippen LogP contribution is -2.34. The van der Waals surface area contributed by atoms with Gasteiger partial charge >= 0.3 is 0 Å². The number of aliphatic imine (C=N–C) groups is 1. The number of fused-ring (bicyclic) bond motifs is 2. The highest BCUT2D eigenvalue weighted by Crippen LogP contribution is 2.47. The molecule has 8 atom stereocenters. The van der Waals surface area contributed by atoms with Crippen LogP contribution in [0.25, 0.3) is 0 Å². The van der Waals surface area contributed by atoms with E-state index in [9.17, 15) is 25.5 Å². The number of ether oxygens (including phenoxy) is 2. The van der Waals surface area contributed by atoms with Crippen molar-refractivity contribution >= 4 is 11.5 Å². The zero-order valence-corrected chi connectivity index (χ0v) is 35.7. The first-order chi connectivity index (χ1) is 29.1. The molecule has 2 saturated carbocycles. The summed E-state index contributed by atoms with van der Waals surface area (Å²) in [4.78, 5) is 8.93. The Balaban J connectivity index is 0.880. The van der Waals surface area contributed by atoms with Gasteiger partial charge in [0.1, 0.15) is 18.0 Å². The first-order valence-electron chi connectivity index (χ1n) is 22.7. The maximum atomic E-state index is 11.2. The number of nitrogens with two attached hydrogens (primary N) is 2. The second-order valence-corrected chi connectivity index (χ2v) is 17.8. The molecule has 12 heteroatoms. The Morgan fingerprint density at radius 3 is 2.63 bits per heavy atom. The molecular weight excluding hydrogens is 759 g/mol. The predicted molar refractivity (Wildman–Crippen MR) is 236 cm³/mol. The van der Waals surface area contributed by atoms with E-state index in [4.69, 9.17) is 25.9 Å². The summed E-state index contributed by atoms with van der Waals surface area (Å²) in [6.45, 7) is 3.07. The van der Waals surface area contributed by atoms with E-state index in [0.717, 1.165) is 99.3 Å². The maximum absolute atomic E-state index is 11.2. The number of phenolic OH excluding ortho intramolecular Hbond substituents is 1. The third-order valence-corrected chi connectivity index (χ3v) is 13.0. The zero-order chi connectivity index (χ0) is 42.4. The SMILES string of the molecule is CC(O)CNCC1C2=C[C+](C(O)COc3cc(CCC4=C[C-](CO)C(CCCCCCC(N)CCC(O)CCc5ccnc(N)c5)O4)ccc3O)N=C2CCC2CCCC21. The molecule has 0 bridgehead atoms. The molecule has 1 aromatic heterocycles. The van der Waals surface area contributed by atoms with E-state index < -0.39 is 12.2 Å². The van der Waals surface area contributed by atoms with Crippen molar-refractivity contribution in [1.82, 2.24) is 10.3 Å². The normalized spacial score (nSPS) is 23.2. The first-order valence-corrected chi connectivity index (χ1v) is 22.7. The number of aromatic nitrogens is 1. The van der Waals surface area contributed by atoms with Gasteiger partial charge < -0.3 is 51.8 Å². The Bertz CT molecular complexity index is 1730. The van der Waals surface area contributed by atoms with Crippen LogP contribution in [0.2, 0.25) is 0 Å². The van der Waals surface area contributed by atoms with Crippen LogP contribution in [0.5, 0.6) is 11.5 Å². The number of phenols is 1. The average Bonchev–Trinajstić information content (AvgIpc) is 3.97. The Kier molecular flexibility index (Phi) is 17.4. The maximum Gasteiger partial charge on any atom is 0.189 e. The summed E-state index contributed by atoms with van der Waals surface area (Å²) in [6, 6.07) is 9.79. The van der Waals surface area contributed by atoms with Gasteiger partial charge in [0, 0.05) is 44.5 Å². The molecule has 2 fully saturated rings. The van der Waals surface area contributed by atoms with E-state index in [2.05, 4.69) is 16.4 Å². The lowest BCUT2D eigenvalue weighted by atomic mass is 9.80. The van der Waals surface area contributed by atoms with Crippen molar-refractivity contribution in [2.24, 2.45) is 28.5 Å². The number of hydrogen-bond acceptors (Lipinski definition) is 12. The largest absolute Gasteiger partial charge is 0.592 e. The number of allylic oxidation sites excluding steroid dienone is 1. The molecule has 60 heavy (non-hydrogen) atoms. The highest BCUT2D eigenvalue weighted by molar-refractivity contribution is 6.04. The number of nitrogens with one attached hydrogen (secondary N) is 1. The van der Waals surface area contributed by atoms with Gasteiger partial charge in [0.2, 0.25) is 0 Å². The molecule has 330 valence electrons. The number of anilines is 1. The van der Waals surface area contributed by atoms with Crippen LogP contribution in [0.1, 0.15) is 114 Å². The van der Waals surface area contributed by atoms with Crippen molar-refractivity contribution < 1.29 is 35.0 Å². The van der Waals surface area contributed by atoms with Crippen molar-refractivity contribution in [1.29, 1.82) is 0 Å². The topological polar surface area (TPSA) is 209 Å². The van der Waals surface area contributed by atoms with Gasteiger partial charge in [-0.2, -0.15) is 12.0 Å². The molecule has 0 radical (unpaired) electrons. The van der Waals surface area contributed by atoms with Gasteiger partial charge in [0.25, 0.3) is 0 Å². The Hall–Kier alpha value is -3.78. The predicted octanol–water partition coefficient (Wildman–Crippen LogP) is 6.04. The molecule has 2 aromatic rings. The average molecular weight is 830 g/mol. The number of nitrogens with zero attached hydrogens (tertiary/aromatic N) is 2. The standard InChI is InChI=1S/C48H71N5O7/c1-31(55)27-51-28-41-39-9-6-7-34(39)14-19-42-40(41)26-43(53-42)45(58)30-59-47-23-32(13-20-44(47)57)12-18-38-25-35(29-54)46(60-38)10-5-3-2-4-8-36(49)15-17-37(56)16-11-33-21-22-52-48(50)24-33/h13,20-26,31,34,36-37,39,41,45-46,51,54-58H,2-12,14-19,27-30,49H2,1H3,(H2,50,52). The van der Waals surface area contributed by atoms with Gasteiger partial charge in [0.05, 0.1) is 24.2 Å². The lowest BCUT2D eigenvalue weighted by molar-refractivity contribution is 0.120. The van der Waals surface area contributed by atoms with Gasteiger partial charge in [-0.05, 0) is 112 Å². The van der Waals surface area contributed by atoms with Crippen LogP contribution in [0.4, 0.5) is 5.82 Å². The fraction of sp³-hybridized carbons (Fsp3) is 0.625. The van der Waals surface area contributed by atoms with Gasteiger partial charge in [-0.3, -0.25) is 0 Å². The molecule has 1 aromatic carbocycles. The molecule has 10 N–H and O–H groups in total. The number of unbranched alkanes of at least 4 members (excludes halogenated alkanes) is 3. The summed E-state index contributed by atoms with van der Waals surface area (Å²) >= 11 is 0. The fourth-order valence-corrected chi connectivity index (χ4v) is 9.64. The van der Waals surface area contributed by atoms with Gasteiger partial charge in [0.15, 0.2) is 29.4 Å². The molecule has 0 amide bonds. The smallest absolute Gasteiger partial charge is 0.189 e. The van der Waals surface area contributed by atoms with Crippen LogP contribution < -0.4 is 21.5 Å². The number of rotatable bonds is 25. The van der Waals surface area contributed by atoms with Crippen LogP contribution >= 0.6 is 0 Å². The molecule has 2 aliphatic carbocycles. The number of nitrogen functional groups attached to an aromatic ring is 1. The van der Waals surface area contributed by atoms with Crippen LogP contribution in [0.3, 0.4) is 0 Å². The van der Waals surface area contributed by atoms with Crippen LogP contribution in [0.15, 0.2) is 65.0 Å².